The maximum absolute atomic E-state index is 14.9. The van der Waals surface area contributed by atoms with Crippen LogP contribution in [0.25, 0.3) is 0 Å². The van der Waals surface area contributed by atoms with Crippen LogP contribution >= 0.6 is 0 Å². The van der Waals surface area contributed by atoms with E-state index in [1.54, 1.807) is 27.7 Å². The van der Waals surface area contributed by atoms with E-state index >= 15 is 0 Å². The summed E-state index contributed by atoms with van der Waals surface area (Å²) in [4.78, 5) is 158. The van der Waals surface area contributed by atoms with E-state index in [9.17, 15) is 128 Å². The minimum atomic E-state index is -5.03. The standard InChI is InChI=1S/C58H110N16O28S5.5Na/c1-9-35(6)12-10-11-13-46(77)65-38(14-20-59-28-103(88,89)90)53(82)74-48(37(8)76)58(87)70-41(17-23-62-31-106(97,98)99)50(79)68-43-19-25-64-57(86)47(36(7)75)73-54(83)42(18-24-63-32-107(100,101)102)67-49(78)39(15-21-60-29-104(91,92)93)69-55(84)44(26-33(2)3)72-56(85)45(27-34(4)5)71-52(81)40(66-51(43)80)16-22-61-30-105(94,95)96;;;;;/h33-45,47-48,59-63,75-76H,9-32H2,1-8H3,(H,64,86)(H,65,77)(H,66,80)(H,67,78)(H,68,79)(H,69,84)(H,70,87)(H,71,81)(H,72,85)(H,73,83)(H,74,82)(H,88,89,90)(H,91,92,93)(H,94,95,96)(H,97,98,99)(H,100,101,102);;;;;/q;5*+1/p-5/t35-,36-,37-,38+,39+,40+,41+,42+,43+,44+,45-,47+,48+;;;;;/m1...../s1. The molecule has 0 saturated carbocycles. The first-order chi connectivity index (χ1) is 49.4. The van der Waals surface area contributed by atoms with Crippen molar-refractivity contribution in [3.8, 4) is 0 Å². The molecule has 1 rings (SSSR count). The molecular weight excluding hydrogens is 1640 g/mol. The number of amides is 11. The zero-order chi connectivity index (χ0) is 81.8. The molecule has 112 heavy (non-hydrogen) atoms. The Labute approximate surface area is 765 Å². The van der Waals surface area contributed by atoms with Crippen molar-refractivity contribution in [2.75, 3.05) is 68.7 Å². The molecule has 0 aromatic rings. The van der Waals surface area contributed by atoms with Crippen LogP contribution in [0.3, 0.4) is 0 Å². The van der Waals surface area contributed by atoms with Gasteiger partial charge in [-0.25, -0.2) is 42.1 Å². The van der Waals surface area contributed by atoms with E-state index in [4.69, 9.17) is 0 Å². The summed E-state index contributed by atoms with van der Waals surface area (Å²) in [7, 11) is -24.8. The van der Waals surface area contributed by atoms with Crippen LogP contribution in [0.15, 0.2) is 0 Å². The third kappa shape index (κ3) is 56.1. The first-order valence-electron chi connectivity index (χ1n) is 34.3. The van der Waals surface area contributed by atoms with Gasteiger partial charge in [0.05, 0.1) is 41.6 Å². The summed E-state index contributed by atoms with van der Waals surface area (Å²) in [5, 5.41) is 59.0. The first-order valence-corrected chi connectivity index (χ1v) is 42.2. The third-order valence-electron chi connectivity index (χ3n) is 15.8. The maximum Gasteiger partial charge on any atom is 1.00 e. The number of aliphatic hydroxyl groups excluding tert-OH is 2. The molecule has 54 heteroatoms. The predicted molar refractivity (Wildman–Crippen MR) is 373 cm³/mol. The molecular formula is C58H105N16Na5O28S5. The number of rotatable bonds is 44. The van der Waals surface area contributed by atoms with Crippen LogP contribution in [-0.2, 0) is 103 Å². The molecule has 13 atom stereocenters. The zero-order valence-electron chi connectivity index (χ0n) is 65.7. The SMILES string of the molecule is CC[C@@H](C)CCCCC(=O)N[C@@H](CCNCS(=O)(=O)[O-])C(=O)N[C@H](C(=O)N[C@@H](CCNCS(=O)(=O)[O-])C(=O)N[C@H]1CCNC(=O)[C@H]([C@@H](C)O)NC(=O)[C@H](CCNCS(=O)(=O)[O-])NC(=O)[C@H](CCNCS(=O)(=O)[O-])NC(=O)[C@H](CC(C)C)NC(=O)[C@@H](CC(C)C)NC(=O)[C@H](CCNCS(=O)(=O)[O-])NC1=O)[C@@H](C)O.[Na+].[Na+].[Na+].[Na+].[Na+]. The van der Waals surface area contributed by atoms with Gasteiger partial charge in [-0.2, -0.15) is 0 Å². The molecule has 0 aromatic heterocycles. The molecule has 0 radical (unpaired) electrons. The minimum absolute atomic E-state index is 0. The minimum Gasteiger partial charge on any atom is -0.747 e. The van der Waals surface area contributed by atoms with E-state index in [0.717, 1.165) is 26.7 Å². The summed E-state index contributed by atoms with van der Waals surface area (Å²) in [5.41, 5.74) is 0. The molecule has 0 aliphatic carbocycles. The first kappa shape index (κ1) is 119. The van der Waals surface area contributed by atoms with Gasteiger partial charge in [-0.1, -0.05) is 60.8 Å². The molecule has 620 valence electrons. The number of aliphatic hydroxyl groups is 2. The van der Waals surface area contributed by atoms with E-state index in [-0.39, 0.29) is 167 Å². The smallest absolute Gasteiger partial charge is 0.747 e. The molecule has 18 N–H and O–H groups in total. The Kier molecular flexibility index (Phi) is 63.8. The Bertz CT molecular complexity index is 3550. The van der Waals surface area contributed by atoms with Gasteiger partial charge in [-0.15, -0.1) is 0 Å². The molecule has 1 aliphatic heterocycles. The average molecular weight is 1750 g/mol. The van der Waals surface area contributed by atoms with Crippen molar-refractivity contribution in [2.45, 2.75) is 211 Å². The van der Waals surface area contributed by atoms with E-state index < -0.39 is 307 Å². The van der Waals surface area contributed by atoms with Crippen LogP contribution in [0.4, 0.5) is 0 Å². The molecule has 1 heterocycles. The van der Waals surface area contributed by atoms with Crippen LogP contribution in [0.5, 0.6) is 0 Å². The summed E-state index contributed by atoms with van der Waals surface area (Å²) in [6.07, 6.45) is -5.63. The molecule has 0 unspecified atom stereocenters. The summed E-state index contributed by atoms with van der Waals surface area (Å²) < 4.78 is 173. The molecule has 0 bridgehead atoms. The van der Waals surface area contributed by atoms with Gasteiger partial charge in [-0.3, -0.25) is 52.7 Å². The fraction of sp³-hybridized carbons (Fsp3) is 0.810. The van der Waals surface area contributed by atoms with Gasteiger partial charge in [0, 0.05) is 13.0 Å². The molecule has 0 spiro atoms. The van der Waals surface area contributed by atoms with Crippen molar-refractivity contribution < 1.29 is 276 Å². The fourth-order valence-corrected chi connectivity index (χ4v) is 12.1. The largest absolute Gasteiger partial charge is 1.00 e. The summed E-state index contributed by atoms with van der Waals surface area (Å²) in [6, 6.07) is -18.8. The maximum atomic E-state index is 14.9. The molecule has 44 nitrogen and oxygen atoms in total. The Hall–Kier alpha value is -1.56. The van der Waals surface area contributed by atoms with Crippen molar-refractivity contribution in [1.29, 1.82) is 0 Å². The van der Waals surface area contributed by atoms with Crippen molar-refractivity contribution in [2.24, 2.45) is 17.8 Å². The van der Waals surface area contributed by atoms with Crippen molar-refractivity contribution in [1.82, 2.24) is 85.1 Å². The van der Waals surface area contributed by atoms with Crippen LogP contribution in [0.2, 0.25) is 0 Å². The van der Waals surface area contributed by atoms with Gasteiger partial charge in [0.15, 0.2) is 0 Å². The van der Waals surface area contributed by atoms with Crippen LogP contribution in [-0.4, -0.2) is 281 Å². The summed E-state index contributed by atoms with van der Waals surface area (Å²) in [5.74, 6) is -20.0. The van der Waals surface area contributed by atoms with E-state index in [0.29, 0.717) is 18.8 Å². The van der Waals surface area contributed by atoms with Gasteiger partial charge in [0.1, 0.15) is 111 Å². The Morgan fingerprint density at radius 3 is 1.14 bits per heavy atom. The monoisotopic (exact) mass is 1750 g/mol. The van der Waals surface area contributed by atoms with Crippen molar-refractivity contribution >= 4 is 116 Å². The second-order valence-corrected chi connectivity index (χ2v) is 33.6. The molecule has 11 amide bonds. The van der Waals surface area contributed by atoms with E-state index in [1.807, 2.05) is 13.8 Å². The summed E-state index contributed by atoms with van der Waals surface area (Å²) >= 11 is 0. The number of carbonyl (C=O) groups is 11. The molecule has 0 aromatic carbocycles. The number of nitrogens with one attached hydrogen (secondary N) is 16. The van der Waals surface area contributed by atoms with E-state index in [2.05, 4.69) is 85.1 Å². The molecule has 1 saturated heterocycles. The fourth-order valence-electron chi connectivity index (χ4n) is 10.1. The second kappa shape index (κ2) is 60.0. The van der Waals surface area contributed by atoms with Crippen LogP contribution < -0.4 is 233 Å². The van der Waals surface area contributed by atoms with Crippen molar-refractivity contribution in [3.63, 3.8) is 0 Å². The van der Waals surface area contributed by atoms with Gasteiger partial charge < -0.3 is 118 Å². The number of hydrogen-bond donors (Lipinski definition) is 18. The normalized spacial score (nSPS) is 20.5. The molecule has 1 fully saturated rings. The van der Waals surface area contributed by atoms with Crippen molar-refractivity contribution in [3.05, 3.63) is 0 Å². The van der Waals surface area contributed by atoms with Gasteiger partial charge in [-0.05, 0) is 122 Å². The average Bonchev–Trinajstić information content (AvgIpc) is 0.943. The summed E-state index contributed by atoms with van der Waals surface area (Å²) in [6.45, 7) is 8.83. The Balaban J connectivity index is -0.00000763. The predicted octanol–water partition coefficient (Wildman–Crippen LogP) is -24.8. The Morgan fingerprint density at radius 1 is 0.438 bits per heavy atom. The third-order valence-corrected chi connectivity index (χ3v) is 18.6. The second-order valence-electron chi connectivity index (χ2n) is 26.6. The topological polar surface area (TPSA) is 707 Å². The van der Waals surface area contributed by atoms with Gasteiger partial charge >= 0.3 is 148 Å². The molecule has 1 aliphatic rings. The Morgan fingerprint density at radius 2 is 0.786 bits per heavy atom. The number of unbranched alkanes of at least 4 members (excludes halogenated alkanes) is 1. The quantitative estimate of drug-likeness (QED) is 0.0153. The van der Waals surface area contributed by atoms with Gasteiger partial charge in [0.2, 0.25) is 65.0 Å². The van der Waals surface area contributed by atoms with Gasteiger partial charge in [0.25, 0.3) is 0 Å². The number of carbonyl (C=O) groups excluding carboxylic acids is 11. The van der Waals surface area contributed by atoms with Crippen LogP contribution in [0, 0.1) is 17.8 Å². The number of hydrogen-bond acceptors (Lipinski definition) is 33. The van der Waals surface area contributed by atoms with Crippen LogP contribution in [0.1, 0.15) is 139 Å². The zero-order valence-corrected chi connectivity index (χ0v) is 79.8. The van der Waals surface area contributed by atoms with E-state index in [1.165, 1.54) is 0 Å².